The molecule has 3 aromatic heterocycles. The van der Waals surface area contributed by atoms with Gasteiger partial charge in [0.15, 0.2) is 5.76 Å². The zero-order chi connectivity index (χ0) is 17.9. The number of amides is 1. The second-order valence-corrected chi connectivity index (χ2v) is 7.18. The van der Waals surface area contributed by atoms with Crippen molar-refractivity contribution in [3.8, 4) is 21.9 Å². The summed E-state index contributed by atoms with van der Waals surface area (Å²) in [4.78, 5) is 13.2. The van der Waals surface area contributed by atoms with Gasteiger partial charge in [-0.2, -0.15) is 5.10 Å². The molecule has 136 valence electrons. The van der Waals surface area contributed by atoms with Crippen LogP contribution in [-0.4, -0.2) is 40.1 Å². The number of ether oxygens (including phenoxy) is 1. The molecule has 8 heteroatoms. The predicted molar refractivity (Wildman–Crippen MR) is 97.8 cm³/mol. The Kier molecular flexibility index (Phi) is 4.85. The van der Waals surface area contributed by atoms with Crippen molar-refractivity contribution in [3.05, 3.63) is 35.5 Å². The molecule has 0 saturated carbocycles. The van der Waals surface area contributed by atoms with E-state index in [1.807, 2.05) is 29.1 Å². The molecule has 0 unspecified atom stereocenters. The third-order valence-electron chi connectivity index (χ3n) is 4.33. The summed E-state index contributed by atoms with van der Waals surface area (Å²) in [5, 5.41) is 13.5. The van der Waals surface area contributed by atoms with E-state index in [0.717, 1.165) is 34.7 Å². The third kappa shape index (κ3) is 3.42. The van der Waals surface area contributed by atoms with Crippen molar-refractivity contribution < 1.29 is 14.1 Å². The van der Waals surface area contributed by atoms with Gasteiger partial charge >= 0.3 is 0 Å². The fourth-order valence-corrected chi connectivity index (χ4v) is 3.87. The molecule has 0 spiro atoms. The SMILES string of the molecule is Cc1cc(-c2cnn(CCNC(=O)[C@@H]3CCCO3)c2-c2cccs2)on1. The van der Waals surface area contributed by atoms with Crippen LogP contribution in [0, 0.1) is 6.92 Å². The Morgan fingerprint density at radius 1 is 1.50 bits per heavy atom. The molecular formula is C18H20N4O3S. The van der Waals surface area contributed by atoms with Crippen LogP contribution in [0.25, 0.3) is 21.9 Å². The second-order valence-electron chi connectivity index (χ2n) is 6.23. The molecule has 1 saturated heterocycles. The molecule has 3 aromatic rings. The van der Waals surface area contributed by atoms with E-state index in [2.05, 4.69) is 21.6 Å². The van der Waals surface area contributed by atoms with Crippen LogP contribution in [0.2, 0.25) is 0 Å². The Morgan fingerprint density at radius 3 is 3.12 bits per heavy atom. The van der Waals surface area contributed by atoms with Crippen LogP contribution in [0.15, 0.2) is 34.3 Å². The monoisotopic (exact) mass is 372 g/mol. The fraction of sp³-hybridized carbons (Fsp3) is 0.389. The molecule has 4 rings (SSSR count). The highest BCUT2D eigenvalue weighted by atomic mass is 32.1. The van der Waals surface area contributed by atoms with Crippen LogP contribution < -0.4 is 5.32 Å². The number of carbonyl (C=O) groups is 1. The third-order valence-corrected chi connectivity index (χ3v) is 5.21. The van der Waals surface area contributed by atoms with Crippen molar-refractivity contribution in [2.45, 2.75) is 32.4 Å². The average molecular weight is 372 g/mol. The lowest BCUT2D eigenvalue weighted by Gasteiger charge is -2.12. The molecule has 1 amide bonds. The van der Waals surface area contributed by atoms with E-state index in [1.165, 1.54) is 0 Å². The number of aromatic nitrogens is 3. The topological polar surface area (TPSA) is 82.2 Å². The summed E-state index contributed by atoms with van der Waals surface area (Å²) in [5.41, 5.74) is 2.70. The van der Waals surface area contributed by atoms with E-state index in [-0.39, 0.29) is 12.0 Å². The Morgan fingerprint density at radius 2 is 2.42 bits per heavy atom. The standard InChI is InChI=1S/C18H20N4O3S/c1-12-10-15(25-21-12)13-11-20-22(17(13)16-5-3-9-26-16)7-6-19-18(23)14-4-2-8-24-14/h3,5,9-11,14H,2,4,6-8H2,1H3,(H,19,23)/t14-/m0/s1. The Balaban J connectivity index is 1.52. The van der Waals surface area contributed by atoms with Crippen LogP contribution >= 0.6 is 11.3 Å². The van der Waals surface area contributed by atoms with Crippen LogP contribution in [0.5, 0.6) is 0 Å². The van der Waals surface area contributed by atoms with Gasteiger partial charge in [-0.15, -0.1) is 11.3 Å². The Labute approximate surface area is 154 Å². The number of hydrogen-bond acceptors (Lipinski definition) is 6. The van der Waals surface area contributed by atoms with E-state index in [1.54, 1.807) is 17.5 Å². The van der Waals surface area contributed by atoms with Crippen molar-refractivity contribution in [1.29, 1.82) is 0 Å². The number of hydrogen-bond donors (Lipinski definition) is 1. The van der Waals surface area contributed by atoms with Crippen molar-refractivity contribution >= 4 is 17.2 Å². The molecule has 0 aliphatic carbocycles. The van der Waals surface area contributed by atoms with Gasteiger partial charge < -0.3 is 14.6 Å². The first-order chi connectivity index (χ1) is 12.7. The van der Waals surface area contributed by atoms with E-state index in [0.29, 0.717) is 25.5 Å². The van der Waals surface area contributed by atoms with E-state index in [9.17, 15) is 4.79 Å². The molecule has 0 bridgehead atoms. The quantitative estimate of drug-likeness (QED) is 0.719. The molecule has 1 aliphatic heterocycles. The van der Waals surface area contributed by atoms with Gasteiger partial charge in [-0.05, 0) is 31.2 Å². The predicted octanol–water partition coefficient (Wildman–Crippen LogP) is 2.87. The number of thiophene rings is 1. The zero-order valence-electron chi connectivity index (χ0n) is 14.5. The molecule has 4 heterocycles. The van der Waals surface area contributed by atoms with Crippen LogP contribution in [0.3, 0.4) is 0 Å². The summed E-state index contributed by atoms with van der Waals surface area (Å²) in [5.74, 6) is 0.652. The molecule has 26 heavy (non-hydrogen) atoms. The summed E-state index contributed by atoms with van der Waals surface area (Å²) in [7, 11) is 0. The lowest BCUT2D eigenvalue weighted by molar-refractivity contribution is -0.130. The molecule has 1 fully saturated rings. The van der Waals surface area contributed by atoms with Gasteiger partial charge in [-0.3, -0.25) is 9.48 Å². The van der Waals surface area contributed by atoms with Gasteiger partial charge in [0.25, 0.3) is 0 Å². The summed E-state index contributed by atoms with van der Waals surface area (Å²) in [6.07, 6.45) is 3.22. The van der Waals surface area contributed by atoms with Crippen LogP contribution in [0.1, 0.15) is 18.5 Å². The first-order valence-electron chi connectivity index (χ1n) is 8.65. The maximum absolute atomic E-state index is 12.1. The largest absolute Gasteiger partial charge is 0.368 e. The highest BCUT2D eigenvalue weighted by molar-refractivity contribution is 7.13. The van der Waals surface area contributed by atoms with Gasteiger partial charge in [-0.25, -0.2) is 0 Å². The minimum absolute atomic E-state index is 0.0431. The molecule has 0 radical (unpaired) electrons. The van der Waals surface area contributed by atoms with E-state index in [4.69, 9.17) is 9.26 Å². The number of rotatable bonds is 6. The van der Waals surface area contributed by atoms with Crippen molar-refractivity contribution in [3.63, 3.8) is 0 Å². The van der Waals surface area contributed by atoms with Crippen LogP contribution in [0.4, 0.5) is 0 Å². The molecule has 0 aromatic carbocycles. The summed E-state index contributed by atoms with van der Waals surface area (Å²) >= 11 is 1.64. The second kappa shape index (κ2) is 7.43. The van der Waals surface area contributed by atoms with Crippen molar-refractivity contribution in [2.24, 2.45) is 0 Å². The van der Waals surface area contributed by atoms with Crippen molar-refractivity contribution in [1.82, 2.24) is 20.3 Å². The lowest BCUT2D eigenvalue weighted by atomic mass is 10.1. The van der Waals surface area contributed by atoms with Crippen molar-refractivity contribution in [2.75, 3.05) is 13.2 Å². The zero-order valence-corrected chi connectivity index (χ0v) is 15.3. The van der Waals surface area contributed by atoms with Gasteiger partial charge in [0.2, 0.25) is 5.91 Å². The molecule has 1 atom stereocenters. The first-order valence-corrected chi connectivity index (χ1v) is 9.53. The summed E-state index contributed by atoms with van der Waals surface area (Å²) < 4.78 is 12.7. The maximum Gasteiger partial charge on any atom is 0.249 e. The van der Waals surface area contributed by atoms with E-state index >= 15 is 0 Å². The number of aryl methyl sites for hydroxylation is 1. The summed E-state index contributed by atoms with van der Waals surface area (Å²) in [6, 6.07) is 5.96. The maximum atomic E-state index is 12.1. The van der Waals surface area contributed by atoms with Gasteiger partial charge in [0, 0.05) is 19.2 Å². The molecule has 7 nitrogen and oxygen atoms in total. The molecule has 1 aliphatic rings. The minimum atomic E-state index is -0.308. The molecular weight excluding hydrogens is 352 g/mol. The van der Waals surface area contributed by atoms with Gasteiger partial charge in [-0.1, -0.05) is 11.2 Å². The van der Waals surface area contributed by atoms with Crippen LogP contribution in [-0.2, 0) is 16.1 Å². The fourth-order valence-electron chi connectivity index (χ4n) is 3.08. The number of carbonyl (C=O) groups excluding carboxylic acids is 1. The lowest BCUT2D eigenvalue weighted by Crippen LogP contribution is -2.36. The average Bonchev–Trinajstić information content (AvgIpc) is 3.41. The highest BCUT2D eigenvalue weighted by Gasteiger charge is 2.23. The normalized spacial score (nSPS) is 16.9. The first kappa shape index (κ1) is 17.0. The summed E-state index contributed by atoms with van der Waals surface area (Å²) in [6.45, 7) is 3.62. The highest BCUT2D eigenvalue weighted by Crippen LogP contribution is 2.34. The minimum Gasteiger partial charge on any atom is -0.368 e. The Bertz CT molecular complexity index is 878. The number of nitrogens with zero attached hydrogens (tertiary/aromatic N) is 3. The van der Waals surface area contributed by atoms with E-state index < -0.39 is 0 Å². The Hall–Kier alpha value is -2.45. The van der Waals surface area contributed by atoms with Gasteiger partial charge in [0.05, 0.1) is 34.6 Å². The van der Waals surface area contributed by atoms with Gasteiger partial charge in [0.1, 0.15) is 6.10 Å². The number of nitrogens with one attached hydrogen (secondary N) is 1. The molecule has 1 N–H and O–H groups in total. The smallest absolute Gasteiger partial charge is 0.249 e.